The highest BCUT2D eigenvalue weighted by molar-refractivity contribution is 6.02. The molecule has 0 radical (unpaired) electrons. The lowest BCUT2D eigenvalue weighted by atomic mass is 9.74. The van der Waals surface area contributed by atoms with Crippen LogP contribution in [-0.4, -0.2) is 56.4 Å². The molecule has 5 heterocycles. The first kappa shape index (κ1) is 16.1. The van der Waals surface area contributed by atoms with Gasteiger partial charge in [0.15, 0.2) is 5.65 Å². The lowest BCUT2D eigenvalue weighted by Gasteiger charge is -2.56. The van der Waals surface area contributed by atoms with Gasteiger partial charge in [0.25, 0.3) is 5.91 Å². The second-order valence-corrected chi connectivity index (χ2v) is 7.50. The average Bonchev–Trinajstić information content (AvgIpc) is 2.94. The molecule has 0 unspecified atom stereocenters. The molecular formula is C18H20N8O. The highest BCUT2D eigenvalue weighted by atomic mass is 16.1. The van der Waals surface area contributed by atoms with Gasteiger partial charge >= 0.3 is 0 Å². The number of anilines is 2. The van der Waals surface area contributed by atoms with Crippen LogP contribution in [0.5, 0.6) is 0 Å². The number of rotatable bonds is 3. The van der Waals surface area contributed by atoms with E-state index in [0.717, 1.165) is 49.0 Å². The summed E-state index contributed by atoms with van der Waals surface area (Å²) in [5, 5.41) is 6.10. The monoisotopic (exact) mass is 364 g/mol. The highest BCUT2D eigenvalue weighted by Gasteiger charge is 2.48. The molecule has 2 N–H and O–H groups in total. The van der Waals surface area contributed by atoms with Crippen LogP contribution in [0, 0.1) is 19.3 Å². The van der Waals surface area contributed by atoms with Gasteiger partial charge in [-0.05, 0) is 13.8 Å². The lowest BCUT2D eigenvalue weighted by molar-refractivity contribution is 0.102. The zero-order valence-electron chi connectivity index (χ0n) is 15.2. The fraction of sp³-hybridized carbons (Fsp3) is 0.389. The lowest BCUT2D eigenvalue weighted by Crippen LogP contribution is -2.71. The van der Waals surface area contributed by atoms with E-state index in [-0.39, 0.29) is 11.6 Å². The van der Waals surface area contributed by atoms with E-state index >= 15 is 0 Å². The van der Waals surface area contributed by atoms with Gasteiger partial charge in [0, 0.05) is 37.8 Å². The molecule has 27 heavy (non-hydrogen) atoms. The Bertz CT molecular complexity index is 1030. The van der Waals surface area contributed by atoms with Gasteiger partial charge in [-0.2, -0.15) is 0 Å². The molecule has 138 valence electrons. The largest absolute Gasteiger partial charge is 0.354 e. The first-order valence-corrected chi connectivity index (χ1v) is 8.93. The van der Waals surface area contributed by atoms with E-state index in [9.17, 15) is 4.79 Å². The summed E-state index contributed by atoms with van der Waals surface area (Å²) in [5.41, 5.74) is 3.12. The number of hydrogen-bond acceptors (Lipinski definition) is 7. The topological polar surface area (TPSA) is 100 Å². The van der Waals surface area contributed by atoms with Crippen molar-refractivity contribution >= 4 is 23.2 Å². The average molecular weight is 364 g/mol. The SMILES string of the molecule is Cc1cn2cc(NC(=O)c3cnc(N4CC5(CNC5)C4)cn3)nc(C)c2n1. The number of hydrogen-bond donors (Lipinski definition) is 2. The summed E-state index contributed by atoms with van der Waals surface area (Å²) >= 11 is 0. The molecule has 2 aliphatic heterocycles. The Hall–Kier alpha value is -3.07. The molecule has 9 heteroatoms. The van der Waals surface area contributed by atoms with E-state index in [1.54, 1.807) is 12.4 Å². The summed E-state index contributed by atoms with van der Waals surface area (Å²) in [4.78, 5) is 32.2. The van der Waals surface area contributed by atoms with E-state index in [1.807, 2.05) is 24.4 Å². The van der Waals surface area contributed by atoms with Crippen molar-refractivity contribution in [1.29, 1.82) is 0 Å². The number of carbonyl (C=O) groups excluding carboxylic acids is 1. The van der Waals surface area contributed by atoms with E-state index in [4.69, 9.17) is 0 Å². The zero-order chi connectivity index (χ0) is 18.6. The van der Waals surface area contributed by atoms with Gasteiger partial charge in [-0.1, -0.05) is 0 Å². The van der Waals surface area contributed by atoms with Gasteiger partial charge in [-0.25, -0.2) is 19.9 Å². The van der Waals surface area contributed by atoms with Crippen molar-refractivity contribution in [2.45, 2.75) is 13.8 Å². The molecule has 0 atom stereocenters. The smallest absolute Gasteiger partial charge is 0.277 e. The molecule has 3 aromatic rings. The minimum absolute atomic E-state index is 0.264. The predicted octanol–water partition coefficient (Wildman–Crippen LogP) is 0.798. The molecule has 2 aliphatic rings. The maximum atomic E-state index is 12.5. The fourth-order valence-corrected chi connectivity index (χ4v) is 3.74. The summed E-state index contributed by atoms with van der Waals surface area (Å²) in [5.74, 6) is 0.934. The van der Waals surface area contributed by atoms with Crippen LogP contribution >= 0.6 is 0 Å². The Morgan fingerprint density at radius 2 is 1.96 bits per heavy atom. The van der Waals surface area contributed by atoms with Gasteiger partial charge in [-0.3, -0.25) is 4.79 Å². The summed E-state index contributed by atoms with van der Waals surface area (Å²) in [6, 6.07) is 0. The molecule has 5 rings (SSSR count). The van der Waals surface area contributed by atoms with Gasteiger partial charge in [-0.15, -0.1) is 0 Å². The maximum absolute atomic E-state index is 12.5. The Morgan fingerprint density at radius 1 is 1.15 bits per heavy atom. The molecule has 0 saturated carbocycles. The summed E-state index contributed by atoms with van der Waals surface area (Å²) in [6.45, 7) is 7.92. The number of nitrogens with zero attached hydrogens (tertiary/aromatic N) is 6. The Kier molecular flexibility index (Phi) is 3.41. The van der Waals surface area contributed by atoms with E-state index in [1.165, 1.54) is 6.20 Å². The molecule has 3 aromatic heterocycles. The third kappa shape index (κ3) is 2.71. The third-order valence-corrected chi connectivity index (χ3v) is 5.21. The number of fused-ring (bicyclic) bond motifs is 1. The van der Waals surface area contributed by atoms with Crippen molar-refractivity contribution in [2.24, 2.45) is 5.41 Å². The number of aromatic nitrogens is 5. The molecule has 0 bridgehead atoms. The highest BCUT2D eigenvalue weighted by Crippen LogP contribution is 2.36. The minimum Gasteiger partial charge on any atom is -0.354 e. The van der Waals surface area contributed by atoms with Crippen molar-refractivity contribution < 1.29 is 4.79 Å². The van der Waals surface area contributed by atoms with Crippen molar-refractivity contribution in [1.82, 2.24) is 29.7 Å². The van der Waals surface area contributed by atoms with Crippen molar-refractivity contribution in [3.05, 3.63) is 41.9 Å². The van der Waals surface area contributed by atoms with Crippen LogP contribution < -0.4 is 15.5 Å². The molecular weight excluding hydrogens is 344 g/mol. The van der Waals surface area contributed by atoms with Gasteiger partial charge in [0.2, 0.25) is 0 Å². The van der Waals surface area contributed by atoms with E-state index in [0.29, 0.717) is 11.2 Å². The number of aryl methyl sites for hydroxylation is 2. The summed E-state index contributed by atoms with van der Waals surface area (Å²) < 4.78 is 1.86. The molecule has 9 nitrogen and oxygen atoms in total. The maximum Gasteiger partial charge on any atom is 0.277 e. The number of amides is 1. The molecule has 2 fully saturated rings. The second-order valence-electron chi connectivity index (χ2n) is 7.50. The fourth-order valence-electron chi connectivity index (χ4n) is 3.74. The summed E-state index contributed by atoms with van der Waals surface area (Å²) in [6.07, 6.45) is 6.82. The zero-order valence-corrected chi connectivity index (χ0v) is 15.2. The number of nitrogens with one attached hydrogen (secondary N) is 2. The molecule has 0 aromatic carbocycles. The molecule has 1 amide bonds. The third-order valence-electron chi connectivity index (χ3n) is 5.21. The standard InChI is InChI=1S/C18H20N8O/c1-11-5-25-6-14(23-12(2)16(25)22-11)24-17(27)13-3-21-15(4-20-13)26-9-18(10-26)7-19-8-18/h3-6,19H,7-10H2,1-2H3,(H,24,27). The van der Waals surface area contributed by atoms with E-state index in [2.05, 4.69) is 35.5 Å². The Morgan fingerprint density at radius 3 is 2.63 bits per heavy atom. The van der Waals surface area contributed by atoms with Crippen LogP contribution in [0.25, 0.3) is 5.65 Å². The van der Waals surface area contributed by atoms with Crippen molar-refractivity contribution in [2.75, 3.05) is 36.4 Å². The second kappa shape index (κ2) is 5.71. The number of imidazole rings is 1. The van der Waals surface area contributed by atoms with Crippen molar-refractivity contribution in [3.8, 4) is 0 Å². The van der Waals surface area contributed by atoms with Crippen LogP contribution in [0.3, 0.4) is 0 Å². The number of carbonyl (C=O) groups is 1. The molecule has 0 aliphatic carbocycles. The minimum atomic E-state index is -0.333. The summed E-state index contributed by atoms with van der Waals surface area (Å²) in [7, 11) is 0. The Labute approximate surface area is 155 Å². The van der Waals surface area contributed by atoms with Crippen molar-refractivity contribution in [3.63, 3.8) is 0 Å². The van der Waals surface area contributed by atoms with Crippen LogP contribution in [-0.2, 0) is 0 Å². The van der Waals surface area contributed by atoms with Gasteiger partial charge < -0.3 is 19.9 Å². The van der Waals surface area contributed by atoms with E-state index < -0.39 is 0 Å². The molecule has 1 spiro atoms. The Balaban J connectivity index is 1.29. The van der Waals surface area contributed by atoms with Crippen LogP contribution in [0.4, 0.5) is 11.6 Å². The quantitative estimate of drug-likeness (QED) is 0.709. The molecule has 2 saturated heterocycles. The van der Waals surface area contributed by atoms with Gasteiger partial charge in [0.05, 0.1) is 30.0 Å². The normalized spacial score (nSPS) is 17.6. The predicted molar refractivity (Wildman–Crippen MR) is 100.0 cm³/mol. The first-order chi connectivity index (χ1) is 13.0. The van der Waals surface area contributed by atoms with Crippen LogP contribution in [0.1, 0.15) is 21.9 Å². The first-order valence-electron chi connectivity index (χ1n) is 8.93. The van der Waals surface area contributed by atoms with Crippen LogP contribution in [0.15, 0.2) is 24.8 Å². The van der Waals surface area contributed by atoms with Gasteiger partial charge in [0.1, 0.15) is 17.3 Å². The van der Waals surface area contributed by atoms with Crippen LogP contribution in [0.2, 0.25) is 0 Å².